The molecule has 0 fully saturated rings. The van der Waals surface area contributed by atoms with Crippen LogP contribution in [0.5, 0.6) is 0 Å². The SMILES string of the molecule is CCCC(CCO)CNC(=O)c1nccc2ccccc12. The maximum atomic E-state index is 12.3. The second-order valence-electron chi connectivity index (χ2n) is 5.26. The van der Waals surface area contributed by atoms with Crippen molar-refractivity contribution in [2.45, 2.75) is 26.2 Å². The highest BCUT2D eigenvalue weighted by Gasteiger charge is 2.13. The van der Waals surface area contributed by atoms with Crippen LogP contribution in [0.25, 0.3) is 10.8 Å². The third-order valence-corrected chi connectivity index (χ3v) is 3.67. The number of hydrogen-bond acceptors (Lipinski definition) is 3. The fourth-order valence-electron chi connectivity index (χ4n) is 2.56. The molecule has 2 N–H and O–H groups in total. The minimum Gasteiger partial charge on any atom is -0.396 e. The smallest absolute Gasteiger partial charge is 0.270 e. The van der Waals surface area contributed by atoms with Crippen LogP contribution >= 0.6 is 0 Å². The number of carbonyl (C=O) groups is 1. The van der Waals surface area contributed by atoms with Gasteiger partial charge >= 0.3 is 0 Å². The van der Waals surface area contributed by atoms with Crippen LogP contribution in [0.15, 0.2) is 36.5 Å². The Morgan fingerprint density at radius 3 is 2.86 bits per heavy atom. The van der Waals surface area contributed by atoms with Gasteiger partial charge in [-0.15, -0.1) is 0 Å². The lowest BCUT2D eigenvalue weighted by molar-refractivity contribution is 0.0940. The summed E-state index contributed by atoms with van der Waals surface area (Å²) in [5.41, 5.74) is 0.465. The van der Waals surface area contributed by atoms with E-state index in [0.29, 0.717) is 18.2 Å². The zero-order chi connectivity index (χ0) is 15.1. The molecule has 0 aliphatic rings. The number of carbonyl (C=O) groups excluding carboxylic acids is 1. The highest BCUT2D eigenvalue weighted by Crippen LogP contribution is 2.16. The fourth-order valence-corrected chi connectivity index (χ4v) is 2.56. The molecule has 0 aliphatic carbocycles. The molecule has 1 aromatic carbocycles. The molecule has 1 unspecified atom stereocenters. The molecule has 4 heteroatoms. The molecule has 21 heavy (non-hydrogen) atoms. The Morgan fingerprint density at radius 1 is 1.29 bits per heavy atom. The van der Waals surface area contributed by atoms with Crippen LogP contribution in [-0.2, 0) is 0 Å². The van der Waals surface area contributed by atoms with E-state index < -0.39 is 0 Å². The molecule has 0 bridgehead atoms. The Morgan fingerprint density at radius 2 is 2.10 bits per heavy atom. The van der Waals surface area contributed by atoms with Crippen LogP contribution in [-0.4, -0.2) is 29.1 Å². The number of nitrogens with zero attached hydrogens (tertiary/aromatic N) is 1. The zero-order valence-corrected chi connectivity index (χ0v) is 12.4. The molecular weight excluding hydrogens is 264 g/mol. The van der Waals surface area contributed by atoms with Crippen molar-refractivity contribution in [2.24, 2.45) is 5.92 Å². The van der Waals surface area contributed by atoms with E-state index in [4.69, 9.17) is 5.11 Å². The Hall–Kier alpha value is -1.94. The molecule has 1 atom stereocenters. The highest BCUT2D eigenvalue weighted by atomic mass is 16.3. The van der Waals surface area contributed by atoms with Crippen LogP contribution in [0.1, 0.15) is 36.7 Å². The summed E-state index contributed by atoms with van der Waals surface area (Å²) in [6.07, 6.45) is 4.43. The van der Waals surface area contributed by atoms with Crippen LogP contribution in [0.2, 0.25) is 0 Å². The van der Waals surface area contributed by atoms with Gasteiger partial charge in [-0.3, -0.25) is 9.78 Å². The average molecular weight is 286 g/mol. The van der Waals surface area contributed by atoms with Crippen LogP contribution in [0.3, 0.4) is 0 Å². The van der Waals surface area contributed by atoms with E-state index in [0.717, 1.165) is 30.0 Å². The molecule has 1 heterocycles. The number of aromatic nitrogens is 1. The third-order valence-electron chi connectivity index (χ3n) is 3.67. The van der Waals surface area contributed by atoms with Gasteiger partial charge in [0.1, 0.15) is 5.69 Å². The molecular formula is C17H22N2O2. The Bertz CT molecular complexity index is 587. The van der Waals surface area contributed by atoms with E-state index in [1.54, 1.807) is 6.20 Å². The molecule has 0 spiro atoms. The van der Waals surface area contributed by atoms with E-state index in [9.17, 15) is 4.79 Å². The molecule has 112 valence electrons. The van der Waals surface area contributed by atoms with Crippen molar-refractivity contribution in [2.75, 3.05) is 13.2 Å². The van der Waals surface area contributed by atoms with Gasteiger partial charge < -0.3 is 10.4 Å². The van der Waals surface area contributed by atoms with Gasteiger partial charge in [-0.1, -0.05) is 37.6 Å². The summed E-state index contributed by atoms with van der Waals surface area (Å²) >= 11 is 0. The lowest BCUT2D eigenvalue weighted by Crippen LogP contribution is -2.30. The quantitative estimate of drug-likeness (QED) is 0.822. The molecule has 0 saturated heterocycles. The second-order valence-corrected chi connectivity index (χ2v) is 5.26. The first-order chi connectivity index (χ1) is 10.3. The monoisotopic (exact) mass is 286 g/mol. The molecule has 2 aromatic rings. The van der Waals surface area contributed by atoms with Crippen LogP contribution in [0, 0.1) is 5.92 Å². The van der Waals surface area contributed by atoms with Crippen molar-refractivity contribution in [3.63, 3.8) is 0 Å². The lowest BCUT2D eigenvalue weighted by atomic mass is 10.00. The molecule has 0 saturated carbocycles. The summed E-state index contributed by atoms with van der Waals surface area (Å²) in [7, 11) is 0. The normalized spacial score (nSPS) is 12.3. The molecule has 4 nitrogen and oxygen atoms in total. The van der Waals surface area contributed by atoms with E-state index >= 15 is 0 Å². The number of benzene rings is 1. The minimum atomic E-state index is -0.147. The van der Waals surface area contributed by atoms with Gasteiger partial charge in [0.15, 0.2) is 0 Å². The van der Waals surface area contributed by atoms with Crippen molar-refractivity contribution in [1.82, 2.24) is 10.3 Å². The summed E-state index contributed by atoms with van der Waals surface area (Å²) in [5, 5.41) is 13.9. The fraction of sp³-hybridized carbons (Fsp3) is 0.412. The van der Waals surface area contributed by atoms with E-state index in [1.165, 1.54) is 0 Å². The van der Waals surface area contributed by atoms with Crippen molar-refractivity contribution in [1.29, 1.82) is 0 Å². The summed E-state index contributed by atoms with van der Waals surface area (Å²) in [6.45, 7) is 2.85. The molecule has 1 aromatic heterocycles. The number of aliphatic hydroxyl groups is 1. The zero-order valence-electron chi connectivity index (χ0n) is 12.4. The predicted octanol–water partition coefficient (Wildman–Crippen LogP) is 2.76. The van der Waals surface area contributed by atoms with Gasteiger partial charge in [0.2, 0.25) is 0 Å². The van der Waals surface area contributed by atoms with Gasteiger partial charge in [-0.05, 0) is 30.2 Å². The minimum absolute atomic E-state index is 0.147. The lowest BCUT2D eigenvalue weighted by Gasteiger charge is -2.15. The van der Waals surface area contributed by atoms with Crippen molar-refractivity contribution >= 4 is 16.7 Å². The summed E-state index contributed by atoms with van der Waals surface area (Å²) in [4.78, 5) is 16.6. The first-order valence-corrected chi connectivity index (χ1v) is 7.49. The summed E-state index contributed by atoms with van der Waals surface area (Å²) in [6, 6.07) is 9.64. The van der Waals surface area contributed by atoms with E-state index in [-0.39, 0.29) is 12.5 Å². The third kappa shape index (κ3) is 4.02. The van der Waals surface area contributed by atoms with Gasteiger partial charge in [0, 0.05) is 24.7 Å². The summed E-state index contributed by atoms with van der Waals surface area (Å²) in [5.74, 6) is 0.171. The Kier molecular flexibility index (Phi) is 5.69. The maximum absolute atomic E-state index is 12.3. The Balaban J connectivity index is 2.08. The first-order valence-electron chi connectivity index (χ1n) is 7.49. The largest absolute Gasteiger partial charge is 0.396 e. The summed E-state index contributed by atoms with van der Waals surface area (Å²) < 4.78 is 0. The van der Waals surface area contributed by atoms with Gasteiger partial charge in [0.25, 0.3) is 5.91 Å². The first kappa shape index (κ1) is 15.4. The van der Waals surface area contributed by atoms with Crippen molar-refractivity contribution in [3.8, 4) is 0 Å². The number of pyridine rings is 1. The molecule has 2 rings (SSSR count). The molecule has 1 amide bonds. The highest BCUT2D eigenvalue weighted by molar-refractivity contribution is 6.05. The van der Waals surface area contributed by atoms with Gasteiger partial charge in [0.05, 0.1) is 0 Å². The number of rotatable bonds is 7. The molecule has 0 aliphatic heterocycles. The second kappa shape index (κ2) is 7.74. The van der Waals surface area contributed by atoms with Gasteiger partial charge in [-0.2, -0.15) is 0 Å². The maximum Gasteiger partial charge on any atom is 0.270 e. The number of fused-ring (bicyclic) bond motifs is 1. The average Bonchev–Trinajstić information content (AvgIpc) is 2.52. The number of amides is 1. The predicted molar refractivity (Wildman–Crippen MR) is 84.2 cm³/mol. The topological polar surface area (TPSA) is 62.2 Å². The van der Waals surface area contributed by atoms with E-state index in [2.05, 4.69) is 17.2 Å². The van der Waals surface area contributed by atoms with Crippen molar-refractivity contribution in [3.05, 3.63) is 42.2 Å². The Labute approximate surface area is 125 Å². The molecule has 0 radical (unpaired) electrons. The van der Waals surface area contributed by atoms with Gasteiger partial charge in [-0.25, -0.2) is 0 Å². The van der Waals surface area contributed by atoms with E-state index in [1.807, 2.05) is 30.3 Å². The number of aliphatic hydroxyl groups excluding tert-OH is 1. The van der Waals surface area contributed by atoms with Crippen LogP contribution in [0.4, 0.5) is 0 Å². The van der Waals surface area contributed by atoms with Crippen molar-refractivity contribution < 1.29 is 9.90 Å². The number of nitrogens with one attached hydrogen (secondary N) is 1. The standard InChI is InChI=1S/C17H22N2O2/c1-2-5-13(9-11-20)12-19-17(21)16-15-7-4-3-6-14(15)8-10-18-16/h3-4,6-8,10,13,20H,2,5,9,11-12H2,1H3,(H,19,21). The van der Waals surface area contributed by atoms with Crippen LogP contribution < -0.4 is 5.32 Å². The number of hydrogen-bond donors (Lipinski definition) is 2.